The van der Waals surface area contributed by atoms with Crippen molar-refractivity contribution in [1.82, 2.24) is 24.9 Å². The Labute approximate surface area is 177 Å². The Morgan fingerprint density at radius 2 is 2.13 bits per heavy atom. The summed E-state index contributed by atoms with van der Waals surface area (Å²) in [6.07, 6.45) is 4.23. The van der Waals surface area contributed by atoms with Gasteiger partial charge in [0, 0.05) is 25.5 Å². The third-order valence-corrected chi connectivity index (χ3v) is 6.17. The zero-order valence-corrected chi connectivity index (χ0v) is 18.1. The first-order valence-corrected chi connectivity index (χ1v) is 10.8. The number of quaternary nitrogens is 1. The van der Waals surface area contributed by atoms with Gasteiger partial charge in [-0.25, -0.2) is 0 Å². The topological polar surface area (TPSA) is 71.2 Å². The first kappa shape index (κ1) is 20.3. The molecule has 1 unspecified atom stereocenters. The summed E-state index contributed by atoms with van der Waals surface area (Å²) in [4.78, 5) is 17.1. The van der Waals surface area contributed by atoms with E-state index in [1.54, 1.807) is 9.58 Å². The number of carbonyl (C=O) groups excluding carboxylic acids is 1. The van der Waals surface area contributed by atoms with Crippen LogP contribution in [0.2, 0.25) is 0 Å². The number of nitrogens with zero attached hydrogens (tertiary/aromatic N) is 4. The molecule has 4 rings (SSSR count). The molecule has 2 aromatic heterocycles. The highest BCUT2D eigenvalue weighted by atomic mass is 16.2. The van der Waals surface area contributed by atoms with Crippen LogP contribution >= 0.6 is 0 Å². The highest BCUT2D eigenvalue weighted by Gasteiger charge is 2.32. The second kappa shape index (κ2) is 8.83. The second-order valence-corrected chi connectivity index (χ2v) is 8.22. The molecule has 7 nitrogen and oxygen atoms in total. The van der Waals surface area contributed by atoms with E-state index in [-0.39, 0.29) is 5.91 Å². The lowest BCUT2D eigenvalue weighted by atomic mass is 10.1. The Morgan fingerprint density at radius 3 is 2.83 bits per heavy atom. The Kier molecular flexibility index (Phi) is 5.99. The van der Waals surface area contributed by atoms with E-state index in [0.717, 1.165) is 42.0 Å². The van der Waals surface area contributed by atoms with Crippen molar-refractivity contribution in [3.05, 3.63) is 59.5 Å². The fraction of sp³-hybridized carbons (Fsp3) is 0.435. The third kappa shape index (κ3) is 4.16. The zero-order chi connectivity index (χ0) is 21.1. The molecule has 3 aromatic rings. The monoisotopic (exact) mass is 407 g/mol. The van der Waals surface area contributed by atoms with Gasteiger partial charge in [-0.3, -0.25) is 14.6 Å². The molecule has 0 spiro atoms. The molecule has 0 aliphatic carbocycles. The minimum absolute atomic E-state index is 0.0284. The van der Waals surface area contributed by atoms with Crippen molar-refractivity contribution in [1.29, 1.82) is 0 Å². The van der Waals surface area contributed by atoms with E-state index in [1.165, 1.54) is 13.0 Å². The number of carbonyl (C=O) groups is 1. The number of aromatic amines is 1. The summed E-state index contributed by atoms with van der Waals surface area (Å²) in [6.45, 7) is 7.70. The van der Waals surface area contributed by atoms with Gasteiger partial charge < -0.3 is 9.80 Å². The molecule has 0 saturated carbocycles. The van der Waals surface area contributed by atoms with Gasteiger partial charge in [0.05, 0.1) is 43.8 Å². The minimum atomic E-state index is 0.0284. The summed E-state index contributed by atoms with van der Waals surface area (Å²) in [5.41, 5.74) is 4.57. The lowest BCUT2D eigenvalue weighted by Crippen LogP contribution is -3.14. The normalized spacial score (nSPS) is 18.6. The fourth-order valence-electron chi connectivity index (χ4n) is 4.62. The lowest BCUT2D eigenvalue weighted by molar-refractivity contribution is -0.909. The van der Waals surface area contributed by atoms with E-state index in [0.29, 0.717) is 18.3 Å². The lowest BCUT2D eigenvalue weighted by Gasteiger charge is -2.28. The second-order valence-electron chi connectivity index (χ2n) is 8.22. The summed E-state index contributed by atoms with van der Waals surface area (Å²) in [5.74, 6) is 0.0284. The third-order valence-electron chi connectivity index (χ3n) is 6.17. The Morgan fingerprint density at radius 1 is 1.33 bits per heavy atom. The highest BCUT2D eigenvalue weighted by molar-refractivity contribution is 5.92. The molecule has 0 radical (unpaired) electrons. The van der Waals surface area contributed by atoms with Gasteiger partial charge in [-0.2, -0.15) is 10.2 Å². The maximum atomic E-state index is 13.6. The van der Waals surface area contributed by atoms with Crippen molar-refractivity contribution < 1.29 is 9.69 Å². The van der Waals surface area contributed by atoms with Crippen LogP contribution in [0, 0.1) is 6.92 Å². The van der Waals surface area contributed by atoms with Gasteiger partial charge in [-0.1, -0.05) is 30.3 Å². The van der Waals surface area contributed by atoms with Crippen molar-refractivity contribution in [2.24, 2.45) is 7.05 Å². The summed E-state index contributed by atoms with van der Waals surface area (Å²) in [6, 6.07) is 12.5. The fourth-order valence-corrected chi connectivity index (χ4v) is 4.62. The predicted octanol–water partition coefficient (Wildman–Crippen LogP) is 1.83. The van der Waals surface area contributed by atoms with Crippen LogP contribution in [0.5, 0.6) is 0 Å². The first-order chi connectivity index (χ1) is 14.6. The van der Waals surface area contributed by atoms with Crippen LogP contribution in [0.15, 0.2) is 42.6 Å². The summed E-state index contributed by atoms with van der Waals surface area (Å²) >= 11 is 0. The molecule has 7 heteroatoms. The van der Waals surface area contributed by atoms with Crippen LogP contribution < -0.4 is 4.90 Å². The van der Waals surface area contributed by atoms with E-state index < -0.39 is 0 Å². The summed E-state index contributed by atoms with van der Waals surface area (Å²) in [5, 5.41) is 11.8. The summed E-state index contributed by atoms with van der Waals surface area (Å²) < 4.78 is 1.69. The van der Waals surface area contributed by atoms with Gasteiger partial charge in [-0.05, 0) is 25.5 Å². The maximum Gasteiger partial charge on any atom is 0.272 e. The number of amides is 1. The predicted molar refractivity (Wildman–Crippen MR) is 116 cm³/mol. The molecule has 1 saturated heterocycles. The zero-order valence-electron chi connectivity index (χ0n) is 18.1. The Balaban J connectivity index is 1.63. The molecule has 1 amide bonds. The van der Waals surface area contributed by atoms with Gasteiger partial charge >= 0.3 is 0 Å². The molecule has 30 heavy (non-hydrogen) atoms. The highest BCUT2D eigenvalue weighted by Crippen LogP contribution is 2.23. The van der Waals surface area contributed by atoms with Crippen LogP contribution in [0.1, 0.15) is 41.5 Å². The molecular formula is C23H31N6O+. The average Bonchev–Trinajstić information content (AvgIpc) is 3.47. The number of aryl methyl sites for hydroxylation is 2. The van der Waals surface area contributed by atoms with Gasteiger partial charge in [0.25, 0.3) is 5.91 Å². The smallest absolute Gasteiger partial charge is 0.272 e. The Hall–Kier alpha value is -2.93. The van der Waals surface area contributed by atoms with Crippen molar-refractivity contribution in [3.63, 3.8) is 0 Å². The molecule has 3 heterocycles. The molecule has 1 aliphatic heterocycles. The molecule has 2 atom stereocenters. The number of likely N-dealkylation sites (tertiary alicyclic amines) is 1. The largest absolute Gasteiger partial charge is 0.331 e. The van der Waals surface area contributed by atoms with Gasteiger partial charge in [0.1, 0.15) is 11.7 Å². The van der Waals surface area contributed by atoms with Crippen molar-refractivity contribution >= 4 is 5.91 Å². The van der Waals surface area contributed by atoms with Crippen LogP contribution in [-0.2, 0) is 13.6 Å². The van der Waals surface area contributed by atoms with Gasteiger partial charge in [-0.15, -0.1) is 0 Å². The van der Waals surface area contributed by atoms with Crippen LogP contribution in [0.4, 0.5) is 0 Å². The Bertz CT molecular complexity index is 992. The van der Waals surface area contributed by atoms with Crippen molar-refractivity contribution in [3.8, 4) is 11.3 Å². The number of H-pyrrole nitrogens is 1. The number of hydrogen-bond acceptors (Lipinski definition) is 3. The SMILES string of the molecule is CC[NH+]1CCC[C@@H]1CN(Cc1cn[nH]c1-c1ccccc1)C(=O)c1cc(C)nn1C. The summed E-state index contributed by atoms with van der Waals surface area (Å²) in [7, 11) is 1.84. The number of nitrogens with one attached hydrogen (secondary N) is 2. The molecule has 1 fully saturated rings. The molecule has 1 aromatic carbocycles. The molecule has 2 N–H and O–H groups in total. The minimum Gasteiger partial charge on any atom is -0.331 e. The number of benzene rings is 1. The molecule has 158 valence electrons. The quantitative estimate of drug-likeness (QED) is 0.628. The number of aromatic nitrogens is 4. The van der Waals surface area contributed by atoms with E-state index in [9.17, 15) is 4.79 Å². The average molecular weight is 408 g/mol. The van der Waals surface area contributed by atoms with Crippen LogP contribution in [-0.4, -0.2) is 56.5 Å². The van der Waals surface area contributed by atoms with Crippen LogP contribution in [0.25, 0.3) is 11.3 Å². The van der Waals surface area contributed by atoms with Crippen LogP contribution in [0.3, 0.4) is 0 Å². The molecule has 0 bridgehead atoms. The number of hydrogen-bond donors (Lipinski definition) is 2. The van der Waals surface area contributed by atoms with Crippen molar-refractivity contribution in [2.45, 2.75) is 39.3 Å². The molecule has 1 aliphatic rings. The first-order valence-electron chi connectivity index (χ1n) is 10.8. The number of rotatable bonds is 7. The van der Waals surface area contributed by atoms with E-state index in [1.807, 2.05) is 49.3 Å². The van der Waals surface area contributed by atoms with E-state index >= 15 is 0 Å². The van der Waals surface area contributed by atoms with Gasteiger partial charge in [0.2, 0.25) is 0 Å². The number of likely N-dealkylation sites (N-methyl/N-ethyl adjacent to an activating group) is 1. The van der Waals surface area contributed by atoms with E-state index in [4.69, 9.17) is 0 Å². The molecular weight excluding hydrogens is 376 g/mol. The van der Waals surface area contributed by atoms with Gasteiger partial charge in [0.15, 0.2) is 0 Å². The van der Waals surface area contributed by atoms with E-state index in [2.05, 4.69) is 34.4 Å². The van der Waals surface area contributed by atoms with Crippen molar-refractivity contribution in [2.75, 3.05) is 19.6 Å². The standard InChI is InChI=1S/C23H30N6O/c1-4-28-12-8-11-20(28)16-29(23(30)21-13-17(2)26-27(21)3)15-19-14-24-25-22(19)18-9-6-5-7-10-18/h5-7,9-10,13-14,20H,4,8,11-12,15-16H2,1-3H3,(H,24,25)/p+1/t20-/m1/s1. The maximum absolute atomic E-state index is 13.6.